The van der Waals surface area contributed by atoms with Crippen molar-refractivity contribution < 1.29 is 14.6 Å². The van der Waals surface area contributed by atoms with Crippen molar-refractivity contribution in [3.63, 3.8) is 0 Å². The van der Waals surface area contributed by atoms with Crippen LogP contribution in [0.5, 0.6) is 0 Å². The van der Waals surface area contributed by atoms with Crippen LogP contribution >= 0.6 is 0 Å². The van der Waals surface area contributed by atoms with Gasteiger partial charge in [0.2, 0.25) is 0 Å². The van der Waals surface area contributed by atoms with Crippen LogP contribution in [0.15, 0.2) is 18.5 Å². The molecule has 2 rings (SSSR count). The van der Waals surface area contributed by atoms with Crippen LogP contribution in [-0.2, 0) is 4.74 Å². The van der Waals surface area contributed by atoms with Crippen LogP contribution < -0.4 is 5.32 Å². The summed E-state index contributed by atoms with van der Waals surface area (Å²) in [5, 5.41) is 11.8. The van der Waals surface area contributed by atoms with E-state index in [1.807, 2.05) is 6.92 Å². The summed E-state index contributed by atoms with van der Waals surface area (Å²) in [5.41, 5.74) is 0.858. The minimum Gasteiger partial charge on any atom is -0.395 e. The van der Waals surface area contributed by atoms with Gasteiger partial charge in [-0.3, -0.25) is 9.78 Å². The fourth-order valence-electron chi connectivity index (χ4n) is 2.19. The Labute approximate surface area is 124 Å². The highest BCUT2D eigenvalue weighted by molar-refractivity contribution is 5.97. The third kappa shape index (κ3) is 4.28. The van der Waals surface area contributed by atoms with Crippen molar-refractivity contribution >= 4 is 5.91 Å². The first-order valence-electron chi connectivity index (χ1n) is 7.09. The summed E-state index contributed by atoms with van der Waals surface area (Å²) in [4.78, 5) is 16.5. The zero-order valence-corrected chi connectivity index (χ0v) is 12.2. The number of nitrogens with one attached hydrogen (secondary N) is 1. The molecule has 5 heteroatoms. The second-order valence-corrected chi connectivity index (χ2v) is 5.32. The highest BCUT2D eigenvalue weighted by Gasteiger charge is 2.29. The number of carbonyl (C=O) groups is 1. The van der Waals surface area contributed by atoms with Gasteiger partial charge in [-0.05, 0) is 25.8 Å². The third-order valence-electron chi connectivity index (χ3n) is 3.54. The number of amides is 1. The number of ether oxygens (including phenoxy) is 1. The van der Waals surface area contributed by atoms with Crippen LogP contribution in [0.25, 0.3) is 0 Å². The first-order chi connectivity index (χ1) is 10.1. The number of hydrogen-bond acceptors (Lipinski definition) is 4. The molecule has 0 atom stereocenters. The van der Waals surface area contributed by atoms with E-state index in [-0.39, 0.29) is 18.1 Å². The molecule has 1 aliphatic rings. The summed E-state index contributed by atoms with van der Waals surface area (Å²) in [6, 6.07) is 1.67. The van der Waals surface area contributed by atoms with Gasteiger partial charge in [-0.25, -0.2) is 0 Å². The molecular formula is C16H20N2O3. The van der Waals surface area contributed by atoms with Gasteiger partial charge in [-0.2, -0.15) is 0 Å². The lowest BCUT2D eigenvalue weighted by Gasteiger charge is -2.34. The molecule has 112 valence electrons. The van der Waals surface area contributed by atoms with Crippen LogP contribution in [0.1, 0.15) is 42.1 Å². The van der Waals surface area contributed by atoms with Gasteiger partial charge in [0.15, 0.2) is 0 Å². The lowest BCUT2D eigenvalue weighted by Crippen LogP contribution is -2.49. The number of aromatic nitrogens is 1. The predicted molar refractivity (Wildman–Crippen MR) is 78.7 cm³/mol. The van der Waals surface area contributed by atoms with Crippen molar-refractivity contribution in [3.8, 4) is 11.8 Å². The third-order valence-corrected chi connectivity index (χ3v) is 3.54. The van der Waals surface area contributed by atoms with Gasteiger partial charge in [0, 0.05) is 37.6 Å². The van der Waals surface area contributed by atoms with Gasteiger partial charge in [0.25, 0.3) is 5.91 Å². The van der Waals surface area contributed by atoms with E-state index in [2.05, 4.69) is 22.1 Å². The van der Waals surface area contributed by atoms with Crippen LogP contribution in [0.3, 0.4) is 0 Å². The number of nitrogens with zero attached hydrogens (tertiary/aromatic N) is 1. The highest BCUT2D eigenvalue weighted by atomic mass is 16.5. The molecular weight excluding hydrogens is 268 g/mol. The van der Waals surface area contributed by atoms with Crippen molar-refractivity contribution in [1.29, 1.82) is 0 Å². The molecule has 2 N–H and O–H groups in total. The normalized spacial score (nSPS) is 16.7. The van der Waals surface area contributed by atoms with E-state index in [0.717, 1.165) is 12.8 Å². The van der Waals surface area contributed by atoms with Gasteiger partial charge in [-0.15, -0.1) is 0 Å². The van der Waals surface area contributed by atoms with Crippen LogP contribution in [-0.4, -0.2) is 41.4 Å². The van der Waals surface area contributed by atoms with Gasteiger partial charge in [0.05, 0.1) is 17.7 Å². The number of pyridine rings is 1. The smallest absolute Gasteiger partial charge is 0.253 e. The first kappa shape index (κ1) is 15.5. The molecule has 0 aliphatic carbocycles. The maximum Gasteiger partial charge on any atom is 0.253 e. The molecule has 1 aliphatic heterocycles. The molecule has 0 saturated carbocycles. The average Bonchev–Trinajstić information content (AvgIpc) is 2.48. The van der Waals surface area contributed by atoms with Crippen LogP contribution in [0.2, 0.25) is 0 Å². The maximum absolute atomic E-state index is 12.5. The Morgan fingerprint density at radius 1 is 1.52 bits per heavy atom. The first-order valence-corrected chi connectivity index (χ1v) is 7.09. The Kier molecular flexibility index (Phi) is 5.32. The summed E-state index contributed by atoms with van der Waals surface area (Å²) >= 11 is 0. The Morgan fingerprint density at radius 3 is 3.00 bits per heavy atom. The molecule has 0 aromatic carbocycles. The minimum absolute atomic E-state index is 0.00681. The Hall–Kier alpha value is -1.90. The molecule has 1 amide bonds. The minimum atomic E-state index is -0.242. The van der Waals surface area contributed by atoms with Crippen LogP contribution in [0.4, 0.5) is 0 Å². The molecule has 0 spiro atoms. The van der Waals surface area contributed by atoms with E-state index in [1.54, 1.807) is 18.5 Å². The van der Waals surface area contributed by atoms with Crippen molar-refractivity contribution in [2.24, 2.45) is 0 Å². The van der Waals surface area contributed by atoms with Crippen molar-refractivity contribution in [2.45, 2.75) is 31.7 Å². The molecule has 1 saturated heterocycles. The Bertz CT molecular complexity index is 554. The topological polar surface area (TPSA) is 71.5 Å². The summed E-state index contributed by atoms with van der Waals surface area (Å²) < 4.78 is 5.33. The van der Waals surface area contributed by atoms with E-state index in [4.69, 9.17) is 9.84 Å². The molecule has 5 nitrogen and oxygen atoms in total. The van der Waals surface area contributed by atoms with E-state index in [1.165, 1.54) is 0 Å². The molecule has 21 heavy (non-hydrogen) atoms. The van der Waals surface area contributed by atoms with Gasteiger partial charge in [0.1, 0.15) is 0 Å². The SMILES string of the molecule is CC1(NC(=O)c2ccncc2C#CCCO)CCOCC1. The summed E-state index contributed by atoms with van der Waals surface area (Å²) in [6.07, 6.45) is 5.14. The molecule has 0 bridgehead atoms. The maximum atomic E-state index is 12.5. The predicted octanol–water partition coefficient (Wildman–Crippen LogP) is 1.11. The fraction of sp³-hybridized carbons (Fsp3) is 0.500. The number of rotatable bonds is 3. The zero-order chi connectivity index (χ0) is 15.1. The summed E-state index contributed by atoms with van der Waals surface area (Å²) in [5.74, 6) is 5.56. The fourth-order valence-corrected chi connectivity index (χ4v) is 2.19. The number of carbonyl (C=O) groups excluding carboxylic acids is 1. The molecule has 1 aromatic rings. The zero-order valence-electron chi connectivity index (χ0n) is 12.2. The van der Waals surface area contributed by atoms with E-state index >= 15 is 0 Å². The average molecular weight is 288 g/mol. The van der Waals surface area contributed by atoms with Crippen molar-refractivity contribution in [2.75, 3.05) is 19.8 Å². The van der Waals surface area contributed by atoms with Crippen molar-refractivity contribution in [3.05, 3.63) is 29.6 Å². The highest BCUT2D eigenvalue weighted by Crippen LogP contribution is 2.20. The molecule has 1 fully saturated rings. The van der Waals surface area contributed by atoms with E-state index in [9.17, 15) is 4.79 Å². The second-order valence-electron chi connectivity index (χ2n) is 5.32. The van der Waals surface area contributed by atoms with Crippen molar-refractivity contribution in [1.82, 2.24) is 10.3 Å². The largest absolute Gasteiger partial charge is 0.395 e. The van der Waals surface area contributed by atoms with E-state index < -0.39 is 0 Å². The molecule has 1 aromatic heterocycles. The molecule has 0 unspecified atom stereocenters. The van der Waals surface area contributed by atoms with Crippen LogP contribution in [0, 0.1) is 11.8 Å². The number of aliphatic hydroxyl groups is 1. The summed E-state index contributed by atoms with van der Waals surface area (Å²) in [7, 11) is 0. The molecule has 2 heterocycles. The van der Waals surface area contributed by atoms with Gasteiger partial charge < -0.3 is 15.2 Å². The monoisotopic (exact) mass is 288 g/mol. The van der Waals surface area contributed by atoms with Gasteiger partial charge in [-0.1, -0.05) is 11.8 Å². The lowest BCUT2D eigenvalue weighted by atomic mass is 9.92. The number of hydrogen-bond donors (Lipinski definition) is 2. The standard InChI is InChI=1S/C16H20N2O3/c1-16(6-10-21-11-7-16)18-15(20)14-5-8-17-12-13(14)4-2-3-9-19/h5,8,12,19H,3,6-7,9-11H2,1H3,(H,18,20). The Balaban J connectivity index is 2.14. The summed E-state index contributed by atoms with van der Waals surface area (Å²) in [6.45, 7) is 3.37. The lowest BCUT2D eigenvalue weighted by molar-refractivity contribution is 0.0423. The Morgan fingerprint density at radius 2 is 2.29 bits per heavy atom. The number of aliphatic hydroxyl groups excluding tert-OH is 1. The second kappa shape index (κ2) is 7.21. The molecule has 0 radical (unpaired) electrons. The van der Waals surface area contributed by atoms with E-state index in [0.29, 0.717) is 30.8 Å². The quantitative estimate of drug-likeness (QED) is 0.818. The van der Waals surface area contributed by atoms with Gasteiger partial charge >= 0.3 is 0 Å².